The number of piperidine rings is 1. The van der Waals surface area contributed by atoms with Crippen molar-refractivity contribution in [2.45, 2.75) is 18.8 Å². The van der Waals surface area contributed by atoms with Crippen molar-refractivity contribution in [2.24, 2.45) is 7.05 Å². The van der Waals surface area contributed by atoms with Gasteiger partial charge in [-0.15, -0.1) is 0 Å². The molecule has 9 heteroatoms. The highest BCUT2D eigenvalue weighted by Gasteiger charge is 2.33. The van der Waals surface area contributed by atoms with E-state index >= 15 is 0 Å². The van der Waals surface area contributed by atoms with Gasteiger partial charge in [0.05, 0.1) is 17.6 Å². The van der Waals surface area contributed by atoms with Crippen LogP contribution in [0.15, 0.2) is 24.8 Å². The van der Waals surface area contributed by atoms with Gasteiger partial charge < -0.3 is 0 Å². The molecule has 1 aliphatic heterocycles. The first-order chi connectivity index (χ1) is 11.4. The Morgan fingerprint density at radius 1 is 1.25 bits per heavy atom. The average Bonchev–Trinajstić information content (AvgIpc) is 3.01. The van der Waals surface area contributed by atoms with Crippen LogP contribution in [0.2, 0.25) is 0 Å². The summed E-state index contributed by atoms with van der Waals surface area (Å²) in [6.07, 6.45) is 8.67. The zero-order valence-corrected chi connectivity index (χ0v) is 14.9. The molecule has 2 aromatic heterocycles. The maximum absolute atomic E-state index is 12.4. The van der Waals surface area contributed by atoms with Crippen LogP contribution in [0.3, 0.4) is 0 Å². The lowest BCUT2D eigenvalue weighted by Gasteiger charge is -2.33. The zero-order chi connectivity index (χ0) is 17.3. The Bertz CT molecular complexity index is 817. The van der Waals surface area contributed by atoms with Crippen LogP contribution in [-0.2, 0) is 17.3 Å². The summed E-state index contributed by atoms with van der Waals surface area (Å²) in [5.74, 6) is 0.0254. The lowest BCUT2D eigenvalue weighted by molar-refractivity contribution is 0.296. The normalized spacial score (nSPS) is 19.8. The minimum atomic E-state index is -3.41. The topological polar surface area (TPSA) is 84.2 Å². The molecule has 8 nitrogen and oxygen atoms in total. The molecule has 3 rings (SSSR count). The molecule has 0 saturated carbocycles. The second kappa shape index (κ2) is 6.58. The van der Waals surface area contributed by atoms with Gasteiger partial charge in [0.2, 0.25) is 0 Å². The van der Waals surface area contributed by atoms with Crippen molar-refractivity contribution in [3.8, 4) is 11.3 Å². The maximum atomic E-state index is 12.4. The molecular formula is C15H22N6O2S. The first-order valence-electron chi connectivity index (χ1n) is 7.87. The average molecular weight is 350 g/mol. The van der Waals surface area contributed by atoms with E-state index in [1.165, 1.54) is 8.61 Å². The molecule has 1 aliphatic rings. The van der Waals surface area contributed by atoms with Crippen molar-refractivity contribution in [3.63, 3.8) is 0 Å². The molecule has 3 heterocycles. The molecular weight excluding hydrogens is 328 g/mol. The van der Waals surface area contributed by atoms with Crippen molar-refractivity contribution >= 4 is 10.2 Å². The van der Waals surface area contributed by atoms with Crippen LogP contribution < -0.4 is 0 Å². The fourth-order valence-electron chi connectivity index (χ4n) is 3.02. The molecule has 130 valence electrons. The molecule has 2 aromatic rings. The standard InChI is InChI=1S/C15H22N6O2S/c1-19(2)24(22,23)21-8-4-5-12(11-21)14-15(17-7-6-16-14)13-9-18-20(3)10-13/h6-7,9-10,12H,4-5,8,11H2,1-3H3/t12-/m0/s1. The fraction of sp³-hybridized carbons (Fsp3) is 0.533. The largest absolute Gasteiger partial charge is 0.281 e. The molecule has 1 fully saturated rings. The number of hydrogen-bond donors (Lipinski definition) is 0. The Labute approximate surface area is 142 Å². The lowest BCUT2D eigenvalue weighted by atomic mass is 9.93. The van der Waals surface area contributed by atoms with Gasteiger partial charge in [-0.05, 0) is 12.8 Å². The van der Waals surface area contributed by atoms with Gasteiger partial charge in [0.25, 0.3) is 10.2 Å². The Morgan fingerprint density at radius 2 is 2.00 bits per heavy atom. The van der Waals surface area contributed by atoms with Crippen LogP contribution >= 0.6 is 0 Å². The second-order valence-corrected chi connectivity index (χ2v) is 8.32. The summed E-state index contributed by atoms with van der Waals surface area (Å²) >= 11 is 0. The van der Waals surface area contributed by atoms with Crippen LogP contribution in [0.4, 0.5) is 0 Å². The summed E-state index contributed by atoms with van der Waals surface area (Å²) in [5.41, 5.74) is 2.51. The van der Waals surface area contributed by atoms with E-state index in [0.717, 1.165) is 29.8 Å². The molecule has 0 amide bonds. The second-order valence-electron chi connectivity index (χ2n) is 6.18. The minimum absolute atomic E-state index is 0.0254. The highest BCUT2D eigenvalue weighted by atomic mass is 32.2. The third kappa shape index (κ3) is 3.19. The maximum Gasteiger partial charge on any atom is 0.281 e. The number of rotatable bonds is 4. The van der Waals surface area contributed by atoms with Gasteiger partial charge in [0.1, 0.15) is 0 Å². The summed E-state index contributed by atoms with van der Waals surface area (Å²) < 4.78 is 29.4. The van der Waals surface area contributed by atoms with Gasteiger partial charge in [-0.2, -0.15) is 22.1 Å². The van der Waals surface area contributed by atoms with Gasteiger partial charge in [-0.1, -0.05) is 0 Å². The van der Waals surface area contributed by atoms with Crippen molar-refractivity contribution < 1.29 is 8.42 Å². The van der Waals surface area contributed by atoms with E-state index in [1.807, 2.05) is 13.2 Å². The van der Waals surface area contributed by atoms with Crippen LogP contribution in [0.25, 0.3) is 11.3 Å². The van der Waals surface area contributed by atoms with Crippen LogP contribution in [0.1, 0.15) is 24.5 Å². The molecule has 0 spiro atoms. The van der Waals surface area contributed by atoms with Crippen molar-refractivity contribution in [1.29, 1.82) is 0 Å². The van der Waals surface area contributed by atoms with Crippen molar-refractivity contribution in [2.75, 3.05) is 27.2 Å². The Hall–Kier alpha value is -1.84. The molecule has 24 heavy (non-hydrogen) atoms. The van der Waals surface area contributed by atoms with Crippen molar-refractivity contribution in [3.05, 3.63) is 30.5 Å². The minimum Gasteiger partial charge on any atom is -0.275 e. The molecule has 0 aromatic carbocycles. The SMILES string of the molecule is CN(C)S(=O)(=O)N1CCC[C@H](c2nccnc2-c2cnn(C)c2)C1. The van der Waals surface area contributed by atoms with E-state index in [9.17, 15) is 8.42 Å². The predicted octanol–water partition coefficient (Wildman–Crippen LogP) is 0.863. The van der Waals surface area contributed by atoms with Crippen LogP contribution in [-0.4, -0.2) is 64.0 Å². The smallest absolute Gasteiger partial charge is 0.275 e. The highest BCUT2D eigenvalue weighted by molar-refractivity contribution is 7.86. The van der Waals surface area contributed by atoms with Crippen molar-refractivity contribution in [1.82, 2.24) is 28.4 Å². The summed E-state index contributed by atoms with van der Waals surface area (Å²) in [7, 11) is 1.56. The van der Waals surface area contributed by atoms with E-state index < -0.39 is 10.2 Å². The lowest BCUT2D eigenvalue weighted by Crippen LogP contribution is -2.45. The predicted molar refractivity (Wildman–Crippen MR) is 90.4 cm³/mol. The first kappa shape index (κ1) is 17.0. The summed E-state index contributed by atoms with van der Waals surface area (Å²) in [5, 5.41) is 4.19. The van der Waals surface area contributed by atoms with E-state index in [0.29, 0.717) is 13.1 Å². The van der Waals surface area contributed by atoms with Gasteiger partial charge in [0, 0.05) is 64.3 Å². The molecule has 0 unspecified atom stereocenters. The van der Waals surface area contributed by atoms with Gasteiger partial charge in [-0.25, -0.2) is 0 Å². The van der Waals surface area contributed by atoms with Gasteiger partial charge in [0.15, 0.2) is 0 Å². The van der Waals surface area contributed by atoms with Gasteiger partial charge in [-0.3, -0.25) is 14.6 Å². The first-order valence-corrected chi connectivity index (χ1v) is 9.27. The summed E-state index contributed by atoms with van der Waals surface area (Å²) in [6.45, 7) is 0.964. The van der Waals surface area contributed by atoms with Gasteiger partial charge >= 0.3 is 0 Å². The fourth-order valence-corrected chi connectivity index (χ4v) is 4.21. The molecule has 0 radical (unpaired) electrons. The molecule has 1 saturated heterocycles. The summed E-state index contributed by atoms with van der Waals surface area (Å²) in [4.78, 5) is 8.98. The molecule has 0 bridgehead atoms. The monoisotopic (exact) mass is 350 g/mol. The van der Waals surface area contributed by atoms with Crippen LogP contribution in [0.5, 0.6) is 0 Å². The highest BCUT2D eigenvalue weighted by Crippen LogP contribution is 2.32. The number of nitrogens with zero attached hydrogens (tertiary/aromatic N) is 6. The van der Waals surface area contributed by atoms with E-state index in [4.69, 9.17) is 0 Å². The number of aromatic nitrogens is 4. The molecule has 1 atom stereocenters. The Kier molecular flexibility index (Phi) is 4.66. The third-order valence-corrected chi connectivity index (χ3v) is 6.17. The van der Waals surface area contributed by atoms with E-state index in [1.54, 1.807) is 37.4 Å². The zero-order valence-electron chi connectivity index (χ0n) is 14.1. The Morgan fingerprint density at radius 3 is 2.67 bits per heavy atom. The number of aryl methyl sites for hydroxylation is 1. The van der Waals surface area contributed by atoms with Crippen LogP contribution in [0, 0.1) is 0 Å². The molecule has 0 N–H and O–H groups in total. The number of hydrogen-bond acceptors (Lipinski definition) is 5. The summed E-state index contributed by atoms with van der Waals surface area (Å²) in [6, 6.07) is 0. The third-order valence-electron chi connectivity index (χ3n) is 4.26. The van der Waals surface area contributed by atoms with E-state index in [2.05, 4.69) is 15.1 Å². The van der Waals surface area contributed by atoms with E-state index in [-0.39, 0.29) is 5.92 Å². The Balaban J connectivity index is 1.92. The molecule has 0 aliphatic carbocycles. The quantitative estimate of drug-likeness (QED) is 0.817.